The van der Waals surface area contributed by atoms with Gasteiger partial charge in [-0.1, -0.05) is 17.7 Å². The lowest BCUT2D eigenvalue weighted by Crippen LogP contribution is -2.10. The Hall–Kier alpha value is -1.50. The summed E-state index contributed by atoms with van der Waals surface area (Å²) in [6, 6.07) is 4.58. The van der Waals surface area contributed by atoms with E-state index in [1.807, 2.05) is 0 Å². The van der Waals surface area contributed by atoms with Crippen LogP contribution in [-0.4, -0.2) is 9.97 Å². The van der Waals surface area contributed by atoms with Crippen LogP contribution in [-0.2, 0) is 12.8 Å². The number of nitrogens with one attached hydrogen (secondary N) is 1. The van der Waals surface area contributed by atoms with Gasteiger partial charge in [0.1, 0.15) is 10.6 Å². The Morgan fingerprint density at radius 1 is 1.42 bits per heavy atom. The van der Waals surface area contributed by atoms with Crippen molar-refractivity contribution in [3.8, 4) is 0 Å². The molecule has 4 rings (SSSR count). The third-order valence-corrected chi connectivity index (χ3v) is 6.12. The predicted octanol–water partition coefficient (Wildman–Crippen LogP) is 5.11. The van der Waals surface area contributed by atoms with E-state index in [1.54, 1.807) is 29.5 Å². The van der Waals surface area contributed by atoms with E-state index >= 15 is 0 Å². The summed E-state index contributed by atoms with van der Waals surface area (Å²) in [6.45, 7) is 0. The Balaban J connectivity index is 1.79. The molecule has 2 aromatic heterocycles. The molecule has 24 heavy (non-hydrogen) atoms. The fourth-order valence-corrected chi connectivity index (χ4v) is 4.81. The van der Waals surface area contributed by atoms with Crippen LogP contribution in [0.2, 0.25) is 0 Å². The minimum absolute atomic E-state index is 0.152. The average molecular weight is 426 g/mol. The van der Waals surface area contributed by atoms with Crippen molar-refractivity contribution in [3.63, 3.8) is 0 Å². The van der Waals surface area contributed by atoms with Crippen LogP contribution >= 0.6 is 38.9 Å². The van der Waals surface area contributed by atoms with Crippen molar-refractivity contribution in [2.24, 2.45) is 0 Å². The molecule has 3 aromatic rings. The molecule has 2 heterocycles. The van der Waals surface area contributed by atoms with Crippen LogP contribution in [0.25, 0.3) is 21.3 Å². The first-order chi connectivity index (χ1) is 11.5. The Morgan fingerprint density at radius 3 is 3.04 bits per heavy atom. The topological polar surface area (TPSA) is 45.8 Å². The molecule has 0 atom stereocenters. The van der Waals surface area contributed by atoms with E-state index in [0.29, 0.717) is 26.3 Å². The molecule has 1 aliphatic rings. The van der Waals surface area contributed by atoms with E-state index in [4.69, 9.17) is 11.6 Å². The first-order valence-electron chi connectivity index (χ1n) is 7.40. The Labute approximate surface area is 154 Å². The molecule has 122 valence electrons. The maximum Gasteiger partial charge on any atom is 0.260 e. The minimum atomic E-state index is -0.343. The van der Waals surface area contributed by atoms with E-state index in [9.17, 15) is 9.18 Å². The summed E-state index contributed by atoms with van der Waals surface area (Å²) in [5.41, 5.74) is 1.70. The predicted molar refractivity (Wildman–Crippen MR) is 100 cm³/mol. The molecule has 1 N–H and O–H groups in total. The van der Waals surface area contributed by atoms with Gasteiger partial charge in [0.25, 0.3) is 5.56 Å². The molecule has 3 nitrogen and oxygen atoms in total. The zero-order valence-corrected chi connectivity index (χ0v) is 15.5. The molecule has 0 fully saturated rings. The number of hydrogen-bond acceptors (Lipinski definition) is 3. The summed E-state index contributed by atoms with van der Waals surface area (Å²) < 4.78 is 13.7. The molecule has 1 aromatic carbocycles. The number of aromatic amines is 1. The number of halogens is 3. The second-order valence-corrected chi connectivity index (χ2v) is 7.96. The van der Waals surface area contributed by atoms with Crippen LogP contribution in [0.15, 0.2) is 27.5 Å². The molecule has 7 heteroatoms. The fourth-order valence-electron chi connectivity index (χ4n) is 2.93. The number of rotatable bonds is 2. The zero-order valence-electron chi connectivity index (χ0n) is 12.3. The molecule has 0 saturated carbocycles. The molecule has 1 aliphatic carbocycles. The van der Waals surface area contributed by atoms with Crippen molar-refractivity contribution < 1.29 is 4.39 Å². The molecule has 0 amide bonds. The molecular formula is C17H11BrClFN2OS. The second kappa shape index (κ2) is 6.10. The smallest absolute Gasteiger partial charge is 0.260 e. The highest BCUT2D eigenvalue weighted by molar-refractivity contribution is 9.10. The van der Waals surface area contributed by atoms with Crippen LogP contribution in [0.3, 0.4) is 0 Å². The summed E-state index contributed by atoms with van der Waals surface area (Å²) in [4.78, 5) is 21.7. The van der Waals surface area contributed by atoms with Crippen molar-refractivity contribution in [2.75, 3.05) is 0 Å². The van der Waals surface area contributed by atoms with Gasteiger partial charge in [-0.05, 0) is 64.5 Å². The average Bonchev–Trinajstić information content (AvgIpc) is 3.11. The number of aromatic nitrogens is 2. The fraction of sp³-hybridized carbons (Fsp3) is 0.176. The normalized spacial score (nSPS) is 14.4. The first kappa shape index (κ1) is 16.0. The minimum Gasteiger partial charge on any atom is -0.305 e. The number of fused-ring (bicyclic) bond motifs is 3. The van der Waals surface area contributed by atoms with E-state index in [2.05, 4.69) is 25.9 Å². The van der Waals surface area contributed by atoms with Gasteiger partial charge in [0.05, 0.1) is 14.9 Å². The van der Waals surface area contributed by atoms with Crippen LogP contribution in [0.5, 0.6) is 0 Å². The van der Waals surface area contributed by atoms with Gasteiger partial charge < -0.3 is 4.98 Å². The van der Waals surface area contributed by atoms with Crippen molar-refractivity contribution in [1.82, 2.24) is 9.97 Å². The van der Waals surface area contributed by atoms with Gasteiger partial charge in [0.2, 0.25) is 0 Å². The molecular weight excluding hydrogens is 415 g/mol. The summed E-state index contributed by atoms with van der Waals surface area (Å²) >= 11 is 11.0. The molecule has 0 bridgehead atoms. The molecule has 0 spiro atoms. The molecule has 0 unspecified atom stereocenters. The van der Waals surface area contributed by atoms with Crippen molar-refractivity contribution in [2.45, 2.75) is 19.3 Å². The maximum absolute atomic E-state index is 13.3. The van der Waals surface area contributed by atoms with Gasteiger partial charge in [-0.2, -0.15) is 0 Å². The van der Waals surface area contributed by atoms with E-state index in [0.717, 1.165) is 29.7 Å². The monoisotopic (exact) mass is 424 g/mol. The van der Waals surface area contributed by atoms with Gasteiger partial charge in [0.15, 0.2) is 5.82 Å². The molecule has 0 saturated heterocycles. The van der Waals surface area contributed by atoms with Gasteiger partial charge in [0, 0.05) is 4.88 Å². The maximum atomic E-state index is 13.3. The Morgan fingerprint density at radius 2 is 2.25 bits per heavy atom. The third kappa shape index (κ3) is 2.72. The number of benzene rings is 1. The van der Waals surface area contributed by atoms with Crippen molar-refractivity contribution in [1.29, 1.82) is 0 Å². The van der Waals surface area contributed by atoms with Crippen LogP contribution in [0.1, 0.15) is 28.2 Å². The summed E-state index contributed by atoms with van der Waals surface area (Å²) in [5, 5.41) is 1.01. The van der Waals surface area contributed by atoms with E-state index < -0.39 is 0 Å². The second-order valence-electron chi connectivity index (χ2n) is 5.62. The third-order valence-electron chi connectivity index (χ3n) is 4.04. The van der Waals surface area contributed by atoms with Gasteiger partial charge >= 0.3 is 0 Å². The molecule has 0 aliphatic heterocycles. The Bertz CT molecular complexity index is 1060. The van der Waals surface area contributed by atoms with Gasteiger partial charge in [-0.3, -0.25) is 4.79 Å². The highest BCUT2D eigenvalue weighted by Gasteiger charge is 2.21. The lowest BCUT2D eigenvalue weighted by atomic mass is 10.2. The van der Waals surface area contributed by atoms with Crippen molar-refractivity contribution >= 4 is 60.2 Å². The van der Waals surface area contributed by atoms with Crippen molar-refractivity contribution in [3.05, 3.63) is 60.7 Å². The quantitative estimate of drug-likeness (QED) is 0.620. The number of nitrogens with zero attached hydrogens (tertiary/aromatic N) is 1. The lowest BCUT2D eigenvalue weighted by molar-refractivity contribution is 0.621. The Kier molecular flexibility index (Phi) is 4.06. The highest BCUT2D eigenvalue weighted by Crippen LogP contribution is 2.35. The first-order valence-corrected chi connectivity index (χ1v) is 9.39. The van der Waals surface area contributed by atoms with Gasteiger partial charge in [-0.15, -0.1) is 11.3 Å². The summed E-state index contributed by atoms with van der Waals surface area (Å²) in [7, 11) is 0. The highest BCUT2D eigenvalue weighted by atomic mass is 79.9. The number of hydrogen-bond donors (Lipinski definition) is 1. The lowest BCUT2D eigenvalue weighted by Gasteiger charge is -2.02. The summed E-state index contributed by atoms with van der Waals surface area (Å²) in [5.74, 6) is -0.0149. The largest absolute Gasteiger partial charge is 0.305 e. The van der Waals surface area contributed by atoms with E-state index in [-0.39, 0.29) is 11.4 Å². The number of H-pyrrole nitrogens is 1. The van der Waals surface area contributed by atoms with Gasteiger partial charge in [-0.25, -0.2) is 9.37 Å². The summed E-state index contributed by atoms with van der Waals surface area (Å²) in [6.07, 6.45) is 4.69. The SMILES string of the molecule is O=c1[nH]c(/C(Cl)=C/c2ccc(F)c(Br)c2)nc2sc3c(c12)CCC3. The van der Waals surface area contributed by atoms with Crippen LogP contribution < -0.4 is 5.56 Å². The van der Waals surface area contributed by atoms with Crippen LogP contribution in [0.4, 0.5) is 4.39 Å². The molecule has 0 radical (unpaired) electrons. The zero-order chi connectivity index (χ0) is 16.8. The number of thiophene rings is 1. The number of aryl methyl sites for hydroxylation is 2. The van der Waals surface area contributed by atoms with E-state index in [1.165, 1.54) is 10.9 Å². The van der Waals surface area contributed by atoms with Crippen LogP contribution in [0, 0.1) is 5.82 Å². The standard InChI is InChI=1S/C17H11BrClFN2OS/c18-10-6-8(4-5-12(10)20)7-11(19)15-21-16(23)14-9-2-1-3-13(9)24-17(14)22-15/h4-7H,1-3H2,(H,21,22,23)/b11-7-.